The van der Waals surface area contributed by atoms with Crippen molar-refractivity contribution in [1.29, 1.82) is 0 Å². The first-order valence-corrected chi connectivity index (χ1v) is 9.04. The van der Waals surface area contributed by atoms with Crippen molar-refractivity contribution in [2.45, 2.75) is 19.6 Å². The second-order valence-corrected chi connectivity index (χ2v) is 6.78. The van der Waals surface area contributed by atoms with Crippen LogP contribution in [0.3, 0.4) is 0 Å². The summed E-state index contributed by atoms with van der Waals surface area (Å²) >= 11 is 1.56. The van der Waals surface area contributed by atoms with Crippen LogP contribution in [0.1, 0.15) is 17.2 Å². The Morgan fingerprint density at radius 1 is 0.962 bits per heavy atom. The van der Waals surface area contributed by atoms with Crippen LogP contribution in [0.4, 0.5) is 0 Å². The zero-order valence-corrected chi connectivity index (χ0v) is 14.7. The van der Waals surface area contributed by atoms with Crippen LogP contribution in [0.2, 0.25) is 0 Å². The topological polar surface area (TPSA) is 75.5 Å². The normalized spacial score (nSPS) is 11.3. The van der Waals surface area contributed by atoms with E-state index in [-0.39, 0.29) is 5.75 Å². The number of furan rings is 1. The van der Waals surface area contributed by atoms with E-state index in [0.717, 1.165) is 16.2 Å². The minimum atomic E-state index is 0.266. The molecule has 1 N–H and O–H groups in total. The molecule has 0 atom stereocenters. The number of rotatable bonds is 7. The van der Waals surface area contributed by atoms with E-state index in [1.54, 1.807) is 29.7 Å². The van der Waals surface area contributed by atoms with Gasteiger partial charge in [0.05, 0.1) is 24.2 Å². The summed E-state index contributed by atoms with van der Waals surface area (Å²) in [5.41, 5.74) is 0.831. The Labute approximate surface area is 154 Å². The highest BCUT2D eigenvalue weighted by molar-refractivity contribution is 7.13. The van der Waals surface area contributed by atoms with E-state index < -0.39 is 0 Å². The van der Waals surface area contributed by atoms with E-state index in [9.17, 15) is 5.11 Å². The summed E-state index contributed by atoms with van der Waals surface area (Å²) in [6.07, 6.45) is 1.65. The molecule has 3 heterocycles. The van der Waals surface area contributed by atoms with E-state index >= 15 is 0 Å². The molecule has 0 unspecified atom stereocenters. The number of phenolic OH excluding ortho intramolecular Hbond substituents is 1. The summed E-state index contributed by atoms with van der Waals surface area (Å²) in [7, 11) is 0. The van der Waals surface area contributed by atoms with Gasteiger partial charge in [-0.15, -0.1) is 21.5 Å². The van der Waals surface area contributed by atoms with Gasteiger partial charge in [0.15, 0.2) is 0 Å². The Morgan fingerprint density at radius 2 is 1.88 bits per heavy atom. The van der Waals surface area contributed by atoms with Crippen molar-refractivity contribution in [3.63, 3.8) is 0 Å². The fourth-order valence-corrected chi connectivity index (χ4v) is 3.33. The number of aromatic nitrogens is 2. The highest BCUT2D eigenvalue weighted by Crippen LogP contribution is 2.25. The molecule has 4 rings (SSSR count). The molecule has 0 aliphatic rings. The maximum absolute atomic E-state index is 10.1. The maximum atomic E-state index is 10.1. The zero-order chi connectivity index (χ0) is 17.8. The average Bonchev–Trinajstić information content (AvgIpc) is 3.39. The Morgan fingerprint density at radius 3 is 2.65 bits per heavy atom. The van der Waals surface area contributed by atoms with Crippen molar-refractivity contribution in [2.24, 2.45) is 0 Å². The lowest BCUT2D eigenvalue weighted by molar-refractivity contribution is 0.204. The number of nitrogens with zero attached hydrogens (tertiary/aromatic N) is 3. The van der Waals surface area contributed by atoms with Crippen molar-refractivity contribution in [3.05, 3.63) is 77.4 Å². The molecule has 0 amide bonds. The first-order chi connectivity index (χ1) is 12.8. The third-order valence-corrected chi connectivity index (χ3v) is 4.76. The van der Waals surface area contributed by atoms with Crippen LogP contribution in [0.25, 0.3) is 10.8 Å². The van der Waals surface area contributed by atoms with Crippen molar-refractivity contribution in [1.82, 2.24) is 15.1 Å². The molecular weight excluding hydrogens is 350 g/mol. The quantitative estimate of drug-likeness (QED) is 0.525. The monoisotopic (exact) mass is 367 g/mol. The third kappa shape index (κ3) is 3.84. The second-order valence-electron chi connectivity index (χ2n) is 5.83. The second kappa shape index (κ2) is 7.55. The van der Waals surface area contributed by atoms with Gasteiger partial charge in [-0.3, -0.25) is 4.90 Å². The van der Waals surface area contributed by atoms with Gasteiger partial charge in [0.2, 0.25) is 5.89 Å². The molecule has 0 spiro atoms. The molecule has 3 aromatic heterocycles. The molecule has 7 heteroatoms. The van der Waals surface area contributed by atoms with E-state index in [1.165, 1.54) is 0 Å². The summed E-state index contributed by atoms with van der Waals surface area (Å²) in [5.74, 6) is 2.14. The van der Waals surface area contributed by atoms with Crippen LogP contribution in [-0.4, -0.2) is 20.2 Å². The first kappa shape index (κ1) is 16.6. The molecule has 0 bridgehead atoms. The van der Waals surface area contributed by atoms with Gasteiger partial charge >= 0.3 is 0 Å². The molecule has 0 saturated carbocycles. The number of hydrogen-bond acceptors (Lipinski definition) is 7. The van der Waals surface area contributed by atoms with Crippen molar-refractivity contribution < 1.29 is 13.9 Å². The van der Waals surface area contributed by atoms with Gasteiger partial charge in [-0.2, -0.15) is 0 Å². The Bertz CT molecular complexity index is 948. The molecule has 132 valence electrons. The Kier molecular flexibility index (Phi) is 4.81. The van der Waals surface area contributed by atoms with Gasteiger partial charge in [0, 0.05) is 12.1 Å². The lowest BCUT2D eigenvalue weighted by Gasteiger charge is -2.20. The first-order valence-electron chi connectivity index (χ1n) is 8.16. The predicted molar refractivity (Wildman–Crippen MR) is 97.4 cm³/mol. The van der Waals surface area contributed by atoms with Crippen LogP contribution in [0.15, 0.2) is 69.0 Å². The molecule has 0 radical (unpaired) electrons. The van der Waals surface area contributed by atoms with E-state index in [1.807, 2.05) is 41.8 Å². The number of hydrogen-bond donors (Lipinski definition) is 1. The van der Waals surface area contributed by atoms with Gasteiger partial charge in [-0.25, -0.2) is 0 Å². The molecule has 0 saturated heterocycles. The van der Waals surface area contributed by atoms with Gasteiger partial charge in [0.1, 0.15) is 11.5 Å². The standard InChI is InChI=1S/C19H17N3O3S/c23-16-7-2-1-5-14(16)11-22(12-15-6-3-9-24-15)13-18-20-21-19(25-18)17-8-4-10-26-17/h1-10,23H,11-13H2. The number of thiophene rings is 1. The Balaban J connectivity index is 1.53. The SMILES string of the molecule is Oc1ccccc1CN(Cc1ccco1)Cc1nnc(-c2cccs2)o1. The number of para-hydroxylation sites is 1. The third-order valence-electron chi connectivity index (χ3n) is 3.90. The van der Waals surface area contributed by atoms with Gasteiger partial charge in [-0.1, -0.05) is 24.3 Å². The fourth-order valence-electron chi connectivity index (χ4n) is 2.68. The fraction of sp³-hybridized carbons (Fsp3) is 0.158. The number of benzene rings is 1. The molecule has 26 heavy (non-hydrogen) atoms. The molecule has 0 fully saturated rings. The van der Waals surface area contributed by atoms with E-state index in [4.69, 9.17) is 8.83 Å². The average molecular weight is 367 g/mol. The number of phenols is 1. The van der Waals surface area contributed by atoms with Crippen LogP contribution in [0, 0.1) is 0 Å². The minimum absolute atomic E-state index is 0.266. The maximum Gasteiger partial charge on any atom is 0.257 e. The van der Waals surface area contributed by atoms with E-state index in [2.05, 4.69) is 15.1 Å². The molecule has 0 aliphatic heterocycles. The van der Waals surface area contributed by atoms with Crippen LogP contribution >= 0.6 is 11.3 Å². The molecule has 0 aliphatic carbocycles. The van der Waals surface area contributed by atoms with Gasteiger partial charge in [-0.05, 0) is 29.6 Å². The van der Waals surface area contributed by atoms with Crippen LogP contribution in [0.5, 0.6) is 5.75 Å². The summed E-state index contributed by atoms with van der Waals surface area (Å²) in [4.78, 5) is 3.03. The smallest absolute Gasteiger partial charge is 0.257 e. The highest BCUT2D eigenvalue weighted by atomic mass is 32.1. The lowest BCUT2D eigenvalue weighted by atomic mass is 10.2. The Hall–Kier alpha value is -2.90. The molecule has 6 nitrogen and oxygen atoms in total. The number of aromatic hydroxyl groups is 1. The zero-order valence-electron chi connectivity index (χ0n) is 13.9. The highest BCUT2D eigenvalue weighted by Gasteiger charge is 2.16. The molecule has 4 aromatic rings. The summed E-state index contributed by atoms with van der Waals surface area (Å²) in [5, 5.41) is 20.3. The largest absolute Gasteiger partial charge is 0.508 e. The summed E-state index contributed by atoms with van der Waals surface area (Å²) in [6, 6.07) is 15.0. The predicted octanol–water partition coefficient (Wildman–Crippen LogP) is 4.30. The summed E-state index contributed by atoms with van der Waals surface area (Å²) in [6.45, 7) is 1.55. The van der Waals surface area contributed by atoms with Gasteiger partial charge < -0.3 is 13.9 Å². The molecular formula is C19H17N3O3S. The minimum Gasteiger partial charge on any atom is -0.508 e. The van der Waals surface area contributed by atoms with Crippen LogP contribution < -0.4 is 0 Å². The van der Waals surface area contributed by atoms with Crippen molar-refractivity contribution in [3.8, 4) is 16.5 Å². The van der Waals surface area contributed by atoms with Crippen molar-refractivity contribution in [2.75, 3.05) is 0 Å². The summed E-state index contributed by atoms with van der Waals surface area (Å²) < 4.78 is 11.3. The molecule has 1 aromatic carbocycles. The van der Waals surface area contributed by atoms with Crippen molar-refractivity contribution >= 4 is 11.3 Å². The lowest BCUT2D eigenvalue weighted by Crippen LogP contribution is -2.22. The van der Waals surface area contributed by atoms with Gasteiger partial charge in [0.25, 0.3) is 5.89 Å². The van der Waals surface area contributed by atoms with E-state index in [0.29, 0.717) is 31.4 Å². The van der Waals surface area contributed by atoms with Crippen LogP contribution in [-0.2, 0) is 19.6 Å².